The third kappa shape index (κ3) is 2.69. The summed E-state index contributed by atoms with van der Waals surface area (Å²) < 4.78 is 0. The van der Waals surface area contributed by atoms with Gasteiger partial charge in [-0.2, -0.15) is 0 Å². The maximum absolute atomic E-state index is 2.46. The highest BCUT2D eigenvalue weighted by molar-refractivity contribution is 5.83. The molecule has 0 N–H and O–H groups in total. The van der Waals surface area contributed by atoms with Crippen LogP contribution >= 0.6 is 0 Å². The second-order valence-corrected chi connectivity index (χ2v) is 7.72. The Morgan fingerprint density at radius 3 is 2.45 bits per heavy atom. The molecule has 2 fully saturated rings. The highest BCUT2D eigenvalue weighted by atomic mass is 14.4. The van der Waals surface area contributed by atoms with E-state index in [4.69, 9.17) is 0 Å². The summed E-state index contributed by atoms with van der Waals surface area (Å²) in [7, 11) is 0. The van der Waals surface area contributed by atoms with Gasteiger partial charge in [-0.05, 0) is 72.1 Å². The molecule has 0 saturated heterocycles. The lowest BCUT2D eigenvalue weighted by atomic mass is 9.63. The molecule has 0 heterocycles. The molecule has 0 spiro atoms. The molecule has 116 valence electrons. The monoisotopic (exact) mass is 292 g/mol. The first-order valence-electron chi connectivity index (χ1n) is 9.32. The Kier molecular flexibility index (Phi) is 3.94. The molecular weight excluding hydrogens is 264 g/mol. The van der Waals surface area contributed by atoms with Gasteiger partial charge >= 0.3 is 0 Å². The van der Waals surface area contributed by atoms with Gasteiger partial charge in [0.2, 0.25) is 0 Å². The van der Waals surface area contributed by atoms with Gasteiger partial charge in [0.15, 0.2) is 0 Å². The van der Waals surface area contributed by atoms with Crippen LogP contribution in [0.4, 0.5) is 0 Å². The average Bonchev–Trinajstić information content (AvgIpc) is 2.60. The van der Waals surface area contributed by atoms with E-state index in [0.29, 0.717) is 0 Å². The fraction of sp³-hybridized carbons (Fsp3) is 0.545. The second kappa shape index (κ2) is 6.07. The van der Waals surface area contributed by atoms with Crippen molar-refractivity contribution in [3.05, 3.63) is 48.0 Å². The molecule has 4 atom stereocenters. The molecule has 0 nitrogen and oxygen atoms in total. The van der Waals surface area contributed by atoms with Crippen molar-refractivity contribution in [1.82, 2.24) is 0 Å². The van der Waals surface area contributed by atoms with E-state index in [1.165, 1.54) is 55.7 Å². The van der Waals surface area contributed by atoms with Gasteiger partial charge in [0.25, 0.3) is 0 Å². The zero-order valence-electron chi connectivity index (χ0n) is 13.8. The van der Waals surface area contributed by atoms with Gasteiger partial charge in [-0.15, -0.1) is 0 Å². The molecule has 22 heavy (non-hydrogen) atoms. The van der Waals surface area contributed by atoms with Gasteiger partial charge in [-0.3, -0.25) is 0 Å². The van der Waals surface area contributed by atoms with Crippen LogP contribution in [-0.4, -0.2) is 0 Å². The second-order valence-electron chi connectivity index (χ2n) is 7.72. The molecular formula is C22H28. The normalized spacial score (nSPS) is 31.9. The number of rotatable bonds is 2. The Balaban J connectivity index is 1.51. The Bertz CT molecular complexity index is 641. The van der Waals surface area contributed by atoms with E-state index in [-0.39, 0.29) is 0 Å². The van der Waals surface area contributed by atoms with Crippen LogP contribution in [0.25, 0.3) is 10.8 Å². The third-order valence-electron chi connectivity index (χ3n) is 6.54. The zero-order valence-corrected chi connectivity index (χ0v) is 13.8. The van der Waals surface area contributed by atoms with Crippen LogP contribution in [0.15, 0.2) is 42.5 Å². The maximum Gasteiger partial charge on any atom is -0.0159 e. The van der Waals surface area contributed by atoms with Crippen LogP contribution in [-0.2, 0) is 0 Å². The lowest BCUT2D eigenvalue weighted by Gasteiger charge is -2.42. The number of benzene rings is 2. The first-order chi connectivity index (χ1) is 10.8. The molecule has 2 aromatic carbocycles. The molecule has 2 aromatic rings. The summed E-state index contributed by atoms with van der Waals surface area (Å²) in [5.41, 5.74) is 1.59. The largest absolute Gasteiger partial charge is 0.0651 e. The maximum atomic E-state index is 2.46. The summed E-state index contributed by atoms with van der Waals surface area (Å²) in [6.45, 7) is 2.38. The smallest absolute Gasteiger partial charge is 0.0159 e. The predicted octanol–water partition coefficient (Wildman–Crippen LogP) is 6.55. The lowest BCUT2D eigenvalue weighted by molar-refractivity contribution is 0.116. The van der Waals surface area contributed by atoms with Crippen LogP contribution in [0.1, 0.15) is 63.4 Å². The molecule has 0 aliphatic heterocycles. The van der Waals surface area contributed by atoms with Crippen LogP contribution in [0.3, 0.4) is 0 Å². The summed E-state index contributed by atoms with van der Waals surface area (Å²) in [5, 5.41) is 2.79. The molecule has 4 rings (SSSR count). The summed E-state index contributed by atoms with van der Waals surface area (Å²) in [4.78, 5) is 0. The van der Waals surface area contributed by atoms with Crippen molar-refractivity contribution in [2.24, 2.45) is 17.8 Å². The van der Waals surface area contributed by atoms with Crippen LogP contribution in [0.5, 0.6) is 0 Å². The Labute approximate surface area is 134 Å². The van der Waals surface area contributed by atoms with Crippen molar-refractivity contribution in [2.45, 2.75) is 57.8 Å². The van der Waals surface area contributed by atoms with Crippen molar-refractivity contribution in [2.75, 3.05) is 0 Å². The van der Waals surface area contributed by atoms with Crippen molar-refractivity contribution in [1.29, 1.82) is 0 Å². The fourth-order valence-electron chi connectivity index (χ4n) is 5.12. The number of hydrogen-bond acceptors (Lipinski definition) is 0. The minimum absolute atomic E-state index is 0.809. The molecule has 0 amide bonds. The molecule has 2 aliphatic rings. The van der Waals surface area contributed by atoms with Crippen LogP contribution < -0.4 is 0 Å². The summed E-state index contributed by atoms with van der Waals surface area (Å²) >= 11 is 0. The predicted molar refractivity (Wildman–Crippen MR) is 95.2 cm³/mol. The molecule has 0 radical (unpaired) electrons. The van der Waals surface area contributed by atoms with Crippen molar-refractivity contribution >= 4 is 10.8 Å². The van der Waals surface area contributed by atoms with Crippen molar-refractivity contribution in [3.63, 3.8) is 0 Å². The van der Waals surface area contributed by atoms with Crippen molar-refractivity contribution in [3.8, 4) is 0 Å². The molecule has 2 aliphatic carbocycles. The molecule has 0 aromatic heterocycles. The van der Waals surface area contributed by atoms with Gasteiger partial charge in [-0.25, -0.2) is 0 Å². The molecule has 2 saturated carbocycles. The molecule has 0 bridgehead atoms. The Morgan fingerprint density at radius 2 is 1.59 bits per heavy atom. The summed E-state index contributed by atoms with van der Waals surface area (Å²) in [6, 6.07) is 16.0. The minimum atomic E-state index is 0.809. The van der Waals surface area contributed by atoms with E-state index in [0.717, 1.165) is 23.7 Å². The van der Waals surface area contributed by atoms with Crippen LogP contribution in [0, 0.1) is 17.8 Å². The van der Waals surface area contributed by atoms with E-state index in [9.17, 15) is 0 Å². The first-order valence-corrected chi connectivity index (χ1v) is 9.32. The minimum Gasteiger partial charge on any atom is -0.0651 e. The third-order valence-corrected chi connectivity index (χ3v) is 6.54. The fourth-order valence-corrected chi connectivity index (χ4v) is 5.12. The zero-order chi connectivity index (χ0) is 14.9. The van der Waals surface area contributed by atoms with E-state index < -0.39 is 0 Å². The summed E-state index contributed by atoms with van der Waals surface area (Å²) in [5.74, 6) is 3.88. The van der Waals surface area contributed by atoms with E-state index >= 15 is 0 Å². The van der Waals surface area contributed by atoms with Gasteiger partial charge in [0.05, 0.1) is 0 Å². The van der Waals surface area contributed by atoms with Gasteiger partial charge in [0, 0.05) is 0 Å². The topological polar surface area (TPSA) is 0 Å². The highest BCUT2D eigenvalue weighted by Gasteiger charge is 2.35. The first kappa shape index (κ1) is 14.3. The average molecular weight is 292 g/mol. The lowest BCUT2D eigenvalue weighted by Crippen LogP contribution is -2.30. The van der Waals surface area contributed by atoms with E-state index in [1.807, 2.05) is 0 Å². The van der Waals surface area contributed by atoms with E-state index in [1.54, 1.807) is 5.56 Å². The quantitative estimate of drug-likeness (QED) is 0.588. The standard InChI is InChI=1S/C22H28/c1-2-16-7-8-20-15-22(12-11-19(20)13-16)21-10-9-17-5-3-4-6-18(17)14-21/h3-6,9-10,14,16,19-20,22H,2,7-8,11-13,15H2,1H3. The number of fused-ring (bicyclic) bond motifs is 2. The summed E-state index contributed by atoms with van der Waals surface area (Å²) in [6.07, 6.45) is 10.2. The van der Waals surface area contributed by atoms with Crippen molar-refractivity contribution < 1.29 is 0 Å². The Morgan fingerprint density at radius 1 is 0.818 bits per heavy atom. The van der Waals surface area contributed by atoms with Gasteiger partial charge in [0.1, 0.15) is 0 Å². The van der Waals surface area contributed by atoms with Gasteiger partial charge < -0.3 is 0 Å². The Hall–Kier alpha value is -1.30. The van der Waals surface area contributed by atoms with E-state index in [2.05, 4.69) is 49.4 Å². The highest BCUT2D eigenvalue weighted by Crippen LogP contribution is 2.48. The van der Waals surface area contributed by atoms with Crippen LogP contribution in [0.2, 0.25) is 0 Å². The SMILES string of the molecule is CCC1CCC2CC(c3ccc4ccccc4c3)CCC2C1. The molecule has 4 unspecified atom stereocenters. The van der Waals surface area contributed by atoms with Gasteiger partial charge in [-0.1, -0.05) is 62.2 Å². The molecule has 0 heteroatoms. The number of hydrogen-bond donors (Lipinski definition) is 0.